The van der Waals surface area contributed by atoms with Crippen LogP contribution in [0.15, 0.2) is 30.5 Å². The third-order valence-corrected chi connectivity index (χ3v) is 2.92. The number of aromatic nitrogens is 2. The molecule has 0 saturated heterocycles. The van der Waals surface area contributed by atoms with E-state index in [0.29, 0.717) is 0 Å². The number of ether oxygens (including phenoxy) is 1. The van der Waals surface area contributed by atoms with Crippen LogP contribution in [0.2, 0.25) is 0 Å². The minimum atomic E-state index is -0.611. The van der Waals surface area contributed by atoms with Gasteiger partial charge in [-0.2, -0.15) is 0 Å². The molecular formula is C15H18Cl2N2O2PtS. The van der Waals surface area contributed by atoms with Crippen LogP contribution in [0.5, 0.6) is 5.75 Å². The normalized spacial score (nSPS) is 9.26. The Hall–Kier alpha value is -0.612. The van der Waals surface area contributed by atoms with Gasteiger partial charge in [-0.05, 0) is 25.1 Å². The van der Waals surface area contributed by atoms with Crippen LogP contribution >= 0.6 is 0 Å². The van der Waals surface area contributed by atoms with Crippen molar-refractivity contribution in [2.45, 2.75) is 6.92 Å². The number of aryl methyl sites for hydroxylation is 1. The van der Waals surface area contributed by atoms with E-state index in [-0.39, 0.29) is 45.9 Å². The molecule has 3 aromatic rings. The fourth-order valence-electron chi connectivity index (χ4n) is 2.07. The van der Waals surface area contributed by atoms with Crippen molar-refractivity contribution in [1.82, 2.24) is 9.97 Å². The molecular weight excluding hydrogens is 538 g/mol. The molecule has 1 N–H and O–H groups in total. The molecule has 130 valence electrons. The average Bonchev–Trinajstić information content (AvgIpc) is 2.77. The Bertz CT molecular complexity index is 777. The van der Waals surface area contributed by atoms with Crippen LogP contribution in [-0.4, -0.2) is 33.8 Å². The molecule has 0 aliphatic heterocycles. The molecule has 0 unspecified atom stereocenters. The first kappa shape index (κ1) is 24.6. The van der Waals surface area contributed by atoms with Crippen molar-refractivity contribution in [1.29, 1.82) is 0 Å². The van der Waals surface area contributed by atoms with E-state index >= 15 is 0 Å². The van der Waals surface area contributed by atoms with Gasteiger partial charge in [-0.25, -0.2) is 0 Å². The summed E-state index contributed by atoms with van der Waals surface area (Å²) >= 11 is 0. The quantitative estimate of drug-likeness (QED) is 0.349. The second-order valence-corrected chi connectivity index (χ2v) is 6.08. The van der Waals surface area contributed by atoms with Crippen LogP contribution in [0.1, 0.15) is 5.69 Å². The van der Waals surface area contributed by atoms with E-state index < -0.39 is 10.8 Å². The summed E-state index contributed by atoms with van der Waals surface area (Å²) in [5, 5.41) is 2.42. The van der Waals surface area contributed by atoms with Gasteiger partial charge in [0.25, 0.3) is 0 Å². The summed E-state index contributed by atoms with van der Waals surface area (Å²) in [5.41, 5.74) is 3.21. The molecule has 0 saturated carbocycles. The van der Waals surface area contributed by atoms with Crippen molar-refractivity contribution in [3.05, 3.63) is 36.2 Å². The van der Waals surface area contributed by atoms with Crippen LogP contribution < -0.4 is 29.6 Å². The second-order valence-electron chi connectivity index (χ2n) is 4.60. The largest absolute Gasteiger partial charge is 2.00 e. The number of aromatic amines is 1. The van der Waals surface area contributed by atoms with Gasteiger partial charge in [-0.3, -0.25) is 9.19 Å². The summed E-state index contributed by atoms with van der Waals surface area (Å²) in [4.78, 5) is 7.66. The monoisotopic (exact) mass is 555 g/mol. The average molecular weight is 556 g/mol. The van der Waals surface area contributed by atoms with Crippen LogP contribution in [0.4, 0.5) is 0 Å². The number of nitrogens with one attached hydrogen (secondary N) is 1. The number of H-pyrrole nitrogens is 1. The van der Waals surface area contributed by atoms with Crippen LogP contribution in [0.25, 0.3) is 21.8 Å². The molecule has 23 heavy (non-hydrogen) atoms. The van der Waals surface area contributed by atoms with Gasteiger partial charge in [0.1, 0.15) is 5.75 Å². The third-order valence-electron chi connectivity index (χ3n) is 2.92. The number of pyridine rings is 1. The molecule has 4 nitrogen and oxygen atoms in total. The van der Waals surface area contributed by atoms with E-state index in [1.165, 1.54) is 10.8 Å². The summed E-state index contributed by atoms with van der Waals surface area (Å²) in [7, 11) is 1.07. The number of hydrogen-bond acceptors (Lipinski definition) is 3. The minimum Gasteiger partial charge on any atom is -1.00 e. The van der Waals surface area contributed by atoms with Crippen LogP contribution in [-0.2, 0) is 31.9 Å². The summed E-state index contributed by atoms with van der Waals surface area (Å²) in [6.07, 6.45) is 5.12. The Labute approximate surface area is 165 Å². The predicted octanol–water partition coefficient (Wildman–Crippen LogP) is -2.97. The molecule has 2 aromatic heterocycles. The predicted molar refractivity (Wildman–Crippen MR) is 84.9 cm³/mol. The zero-order chi connectivity index (χ0) is 14.7. The first-order valence-electron chi connectivity index (χ1n) is 6.19. The molecule has 0 aliphatic rings. The molecule has 0 fully saturated rings. The van der Waals surface area contributed by atoms with E-state index in [0.717, 1.165) is 22.5 Å². The van der Waals surface area contributed by atoms with E-state index in [1.54, 1.807) is 19.6 Å². The van der Waals surface area contributed by atoms with Gasteiger partial charge >= 0.3 is 21.1 Å². The van der Waals surface area contributed by atoms with Crippen LogP contribution in [0.3, 0.4) is 0 Å². The number of halogens is 2. The van der Waals surface area contributed by atoms with Gasteiger partial charge < -0.3 is 34.5 Å². The van der Waals surface area contributed by atoms with Crippen molar-refractivity contribution < 1.29 is 54.8 Å². The Morgan fingerprint density at radius 3 is 2.30 bits per heavy atom. The van der Waals surface area contributed by atoms with Crippen molar-refractivity contribution in [2.75, 3.05) is 19.6 Å². The van der Waals surface area contributed by atoms with E-state index in [4.69, 9.17) is 4.74 Å². The van der Waals surface area contributed by atoms with Gasteiger partial charge in [0.2, 0.25) is 0 Å². The molecule has 8 heteroatoms. The van der Waals surface area contributed by atoms with Crippen molar-refractivity contribution in [3.63, 3.8) is 0 Å². The number of methoxy groups -OCH3 is 1. The Morgan fingerprint density at radius 1 is 1.13 bits per heavy atom. The van der Waals surface area contributed by atoms with Crippen molar-refractivity contribution in [3.8, 4) is 5.75 Å². The summed E-state index contributed by atoms with van der Waals surface area (Å²) < 4.78 is 14.8. The van der Waals surface area contributed by atoms with Gasteiger partial charge in [0, 0.05) is 46.3 Å². The van der Waals surface area contributed by atoms with Gasteiger partial charge in [0.15, 0.2) is 0 Å². The number of fused-ring (bicyclic) bond motifs is 3. The fourth-order valence-corrected chi connectivity index (χ4v) is 2.07. The maximum absolute atomic E-state index is 9.56. The SMILES string of the molecule is COc1ccc2c(c1)[nH]c1c(C)nccc12.CS(C)=O.[Cl-].[Cl-].[Pt+2]. The van der Waals surface area contributed by atoms with Gasteiger partial charge in [-0.1, -0.05) is 0 Å². The molecule has 2 heterocycles. The maximum atomic E-state index is 9.56. The standard InChI is InChI=1S/C13H12N2O.C2H6OS.2ClH.Pt/c1-8-13-11(5-6-14-8)10-4-3-9(16-2)7-12(10)15-13;1-4(2)3;;;/h3-7,15H,1-2H3;1-2H3;2*1H;/q;;;;+2/p-2. The van der Waals surface area contributed by atoms with Crippen molar-refractivity contribution in [2.24, 2.45) is 0 Å². The molecule has 0 atom stereocenters. The molecule has 0 spiro atoms. The number of rotatable bonds is 1. The van der Waals surface area contributed by atoms with E-state index in [1.807, 2.05) is 31.3 Å². The zero-order valence-corrected chi connectivity index (χ0v) is 17.7. The fraction of sp³-hybridized carbons (Fsp3) is 0.267. The number of nitrogens with zero attached hydrogens (tertiary/aromatic N) is 1. The van der Waals surface area contributed by atoms with Crippen molar-refractivity contribution >= 4 is 32.6 Å². The first-order valence-corrected chi connectivity index (χ1v) is 8.15. The molecule has 0 amide bonds. The van der Waals surface area contributed by atoms with Gasteiger partial charge in [0.05, 0.1) is 23.8 Å². The molecule has 0 bridgehead atoms. The molecule has 0 radical (unpaired) electrons. The summed E-state index contributed by atoms with van der Waals surface area (Å²) in [6, 6.07) is 8.10. The third kappa shape index (κ3) is 6.07. The molecule has 1 aromatic carbocycles. The smallest absolute Gasteiger partial charge is 1.00 e. The Balaban J connectivity index is 0. The summed E-state index contributed by atoms with van der Waals surface area (Å²) in [5.74, 6) is 0.865. The Morgan fingerprint density at radius 2 is 1.74 bits per heavy atom. The Kier molecular flexibility index (Phi) is 11.8. The molecule has 3 rings (SSSR count). The van der Waals surface area contributed by atoms with Gasteiger partial charge in [-0.15, -0.1) is 0 Å². The summed E-state index contributed by atoms with van der Waals surface area (Å²) in [6.45, 7) is 2.01. The molecule has 0 aliphatic carbocycles. The van der Waals surface area contributed by atoms with Crippen LogP contribution in [0, 0.1) is 6.92 Å². The van der Waals surface area contributed by atoms with E-state index in [9.17, 15) is 4.21 Å². The number of hydrogen-bond donors (Lipinski definition) is 1. The topological polar surface area (TPSA) is 55.0 Å². The van der Waals surface area contributed by atoms with E-state index in [2.05, 4.69) is 16.0 Å². The second kappa shape index (κ2) is 11.0. The maximum Gasteiger partial charge on any atom is 2.00 e. The zero-order valence-electron chi connectivity index (χ0n) is 13.1. The minimum absolute atomic E-state index is 0. The first-order chi connectivity index (χ1) is 9.52. The number of benzene rings is 1.